The second kappa shape index (κ2) is 5.85. The predicted octanol–water partition coefficient (Wildman–Crippen LogP) is 0.477. The van der Waals surface area contributed by atoms with Gasteiger partial charge in [-0.3, -0.25) is 4.79 Å². The molecule has 0 aliphatic heterocycles. The predicted molar refractivity (Wildman–Crippen MR) is 61.3 cm³/mol. The van der Waals surface area contributed by atoms with Crippen LogP contribution in [0.3, 0.4) is 0 Å². The number of hydrogen-bond acceptors (Lipinski definition) is 4. The first-order valence-electron chi connectivity index (χ1n) is 5.21. The molecule has 1 atom stereocenters. The van der Waals surface area contributed by atoms with E-state index >= 15 is 0 Å². The molecule has 0 saturated heterocycles. The summed E-state index contributed by atoms with van der Waals surface area (Å²) >= 11 is 0. The second-order valence-electron chi connectivity index (χ2n) is 3.79. The van der Waals surface area contributed by atoms with Crippen LogP contribution in [0.25, 0.3) is 0 Å². The molecule has 0 aliphatic carbocycles. The third-order valence-electron chi connectivity index (χ3n) is 2.59. The molecule has 0 saturated carbocycles. The zero-order valence-corrected chi connectivity index (χ0v) is 10.7. The fraction of sp³-hybridized carbons (Fsp3) is 0.800. The molecule has 0 aromatic carbocycles. The molecule has 5 nitrogen and oxygen atoms in total. The smallest absolute Gasteiger partial charge is 0.240 e. The van der Waals surface area contributed by atoms with E-state index in [0.717, 1.165) is 0 Å². The topological polar surface area (TPSA) is 87.0 Å². The Bertz CT molecular complexity index is 383. The van der Waals surface area contributed by atoms with Crippen molar-refractivity contribution in [1.82, 2.24) is 5.32 Å². The van der Waals surface area contributed by atoms with Crippen molar-refractivity contribution in [2.24, 2.45) is 5.41 Å². The number of nitriles is 1. The van der Waals surface area contributed by atoms with Gasteiger partial charge in [0.05, 0.1) is 11.8 Å². The van der Waals surface area contributed by atoms with Gasteiger partial charge in [-0.15, -0.1) is 0 Å². The molecule has 1 unspecified atom stereocenters. The maximum Gasteiger partial charge on any atom is 0.240 e. The third kappa shape index (κ3) is 4.19. The number of hydrogen-bond donors (Lipinski definition) is 1. The van der Waals surface area contributed by atoms with Gasteiger partial charge in [0.25, 0.3) is 0 Å². The Balaban J connectivity index is 4.26. The quantitative estimate of drug-likeness (QED) is 0.738. The van der Waals surface area contributed by atoms with Crippen LogP contribution in [-0.2, 0) is 14.6 Å². The van der Waals surface area contributed by atoms with Gasteiger partial charge in [-0.25, -0.2) is 8.42 Å². The Hall–Kier alpha value is -1.09. The van der Waals surface area contributed by atoms with Gasteiger partial charge in [0.15, 0.2) is 9.84 Å². The van der Waals surface area contributed by atoms with Gasteiger partial charge in [-0.1, -0.05) is 13.8 Å². The Morgan fingerprint density at radius 3 is 2.38 bits per heavy atom. The number of carbonyl (C=O) groups is 1. The zero-order chi connectivity index (χ0) is 12.8. The van der Waals surface area contributed by atoms with Crippen LogP contribution in [0.5, 0.6) is 0 Å². The fourth-order valence-electron chi connectivity index (χ4n) is 0.950. The molecule has 1 amide bonds. The highest BCUT2D eigenvalue weighted by Gasteiger charge is 2.30. The maximum absolute atomic E-state index is 11.6. The first-order chi connectivity index (χ1) is 7.31. The minimum absolute atomic E-state index is 0.0617. The minimum atomic E-state index is -3.07. The first-order valence-corrected chi connectivity index (χ1v) is 7.03. The van der Waals surface area contributed by atoms with Crippen molar-refractivity contribution >= 4 is 15.7 Å². The molecule has 0 rings (SSSR count). The molecule has 0 heterocycles. The van der Waals surface area contributed by atoms with E-state index in [4.69, 9.17) is 5.26 Å². The molecule has 0 bridgehead atoms. The number of carbonyl (C=O) groups excluding carboxylic acids is 1. The van der Waals surface area contributed by atoms with Gasteiger partial charge in [-0.2, -0.15) is 5.26 Å². The van der Waals surface area contributed by atoms with Gasteiger partial charge in [0.1, 0.15) is 5.41 Å². The minimum Gasteiger partial charge on any atom is -0.354 e. The van der Waals surface area contributed by atoms with Crippen molar-refractivity contribution in [3.05, 3.63) is 0 Å². The van der Waals surface area contributed by atoms with Crippen LogP contribution >= 0.6 is 0 Å². The average molecular weight is 246 g/mol. The molecule has 0 spiro atoms. The number of sulfone groups is 1. The van der Waals surface area contributed by atoms with Gasteiger partial charge in [-0.05, 0) is 13.3 Å². The number of rotatable bonds is 6. The zero-order valence-electron chi connectivity index (χ0n) is 9.91. The van der Waals surface area contributed by atoms with Crippen molar-refractivity contribution in [1.29, 1.82) is 5.26 Å². The van der Waals surface area contributed by atoms with E-state index in [1.54, 1.807) is 13.8 Å². The van der Waals surface area contributed by atoms with Crippen LogP contribution in [0.4, 0.5) is 0 Å². The van der Waals surface area contributed by atoms with Crippen molar-refractivity contribution in [3.8, 4) is 6.07 Å². The first kappa shape index (κ1) is 14.9. The molecule has 0 radical (unpaired) electrons. The molecule has 0 fully saturated rings. The lowest BCUT2D eigenvalue weighted by molar-refractivity contribution is -0.127. The highest BCUT2D eigenvalue weighted by atomic mass is 32.2. The SMILES string of the molecule is CCC(C)(C#N)C(=O)NCCS(=O)(=O)CC. The highest BCUT2D eigenvalue weighted by Crippen LogP contribution is 2.19. The van der Waals surface area contributed by atoms with Crippen LogP contribution < -0.4 is 5.32 Å². The molecule has 0 aliphatic rings. The monoisotopic (exact) mass is 246 g/mol. The Morgan fingerprint density at radius 2 is 2.00 bits per heavy atom. The lowest BCUT2D eigenvalue weighted by Crippen LogP contribution is -2.39. The number of nitrogens with one attached hydrogen (secondary N) is 1. The molecule has 6 heteroatoms. The summed E-state index contributed by atoms with van der Waals surface area (Å²) in [7, 11) is -3.07. The van der Waals surface area contributed by atoms with E-state index in [1.807, 2.05) is 6.07 Å². The largest absolute Gasteiger partial charge is 0.354 e. The summed E-state index contributed by atoms with van der Waals surface area (Å²) in [6.07, 6.45) is 0.399. The van der Waals surface area contributed by atoms with Crippen molar-refractivity contribution in [3.63, 3.8) is 0 Å². The summed E-state index contributed by atoms with van der Waals surface area (Å²) in [6.45, 7) is 4.90. The van der Waals surface area contributed by atoms with E-state index in [-0.39, 0.29) is 18.1 Å². The van der Waals surface area contributed by atoms with E-state index < -0.39 is 21.2 Å². The summed E-state index contributed by atoms with van der Waals surface area (Å²) < 4.78 is 22.3. The Morgan fingerprint density at radius 1 is 1.44 bits per heavy atom. The van der Waals surface area contributed by atoms with Crippen molar-refractivity contribution in [2.75, 3.05) is 18.1 Å². The molecule has 0 aromatic rings. The summed E-state index contributed by atoms with van der Waals surface area (Å²) in [5.74, 6) is -0.434. The fourth-order valence-corrected chi connectivity index (χ4v) is 1.65. The molecular weight excluding hydrogens is 228 g/mol. The average Bonchev–Trinajstić information content (AvgIpc) is 2.27. The lowest BCUT2D eigenvalue weighted by atomic mass is 9.88. The van der Waals surface area contributed by atoms with Crippen LogP contribution in [0.1, 0.15) is 27.2 Å². The molecule has 92 valence electrons. The highest BCUT2D eigenvalue weighted by molar-refractivity contribution is 7.91. The maximum atomic E-state index is 11.6. The van der Waals surface area contributed by atoms with E-state index in [9.17, 15) is 13.2 Å². The van der Waals surface area contributed by atoms with E-state index in [1.165, 1.54) is 6.92 Å². The summed E-state index contributed by atoms with van der Waals surface area (Å²) in [5.41, 5.74) is -1.07. The number of nitrogens with zero attached hydrogens (tertiary/aromatic N) is 1. The lowest BCUT2D eigenvalue weighted by Gasteiger charge is -2.18. The van der Waals surface area contributed by atoms with E-state index in [2.05, 4.69) is 5.32 Å². The Labute approximate surface area is 96.8 Å². The molecular formula is C10H18N2O3S. The number of amides is 1. The van der Waals surface area contributed by atoms with Crippen LogP contribution in [0, 0.1) is 16.7 Å². The molecule has 0 aromatic heterocycles. The van der Waals surface area contributed by atoms with Crippen LogP contribution in [0.15, 0.2) is 0 Å². The van der Waals surface area contributed by atoms with Gasteiger partial charge >= 0.3 is 0 Å². The van der Waals surface area contributed by atoms with Gasteiger partial charge < -0.3 is 5.32 Å². The molecule has 16 heavy (non-hydrogen) atoms. The van der Waals surface area contributed by atoms with Crippen LogP contribution in [-0.4, -0.2) is 32.4 Å². The standard InChI is InChI=1S/C10H18N2O3S/c1-4-10(3,8-11)9(13)12-6-7-16(14,15)5-2/h4-7H2,1-3H3,(H,12,13). The second-order valence-corrected chi connectivity index (χ2v) is 6.26. The Kier molecular flexibility index (Phi) is 5.45. The molecule has 1 N–H and O–H groups in total. The third-order valence-corrected chi connectivity index (χ3v) is 4.30. The summed E-state index contributed by atoms with van der Waals surface area (Å²) in [6, 6.07) is 1.93. The normalized spacial score (nSPS) is 14.9. The summed E-state index contributed by atoms with van der Waals surface area (Å²) in [5, 5.41) is 11.3. The van der Waals surface area contributed by atoms with Crippen LogP contribution in [0.2, 0.25) is 0 Å². The summed E-state index contributed by atoms with van der Waals surface area (Å²) in [4.78, 5) is 11.6. The van der Waals surface area contributed by atoms with Crippen molar-refractivity contribution in [2.45, 2.75) is 27.2 Å². The van der Waals surface area contributed by atoms with Crippen molar-refractivity contribution < 1.29 is 13.2 Å². The van der Waals surface area contributed by atoms with E-state index in [0.29, 0.717) is 6.42 Å². The van der Waals surface area contributed by atoms with Gasteiger partial charge in [0.2, 0.25) is 5.91 Å². The van der Waals surface area contributed by atoms with Gasteiger partial charge in [0, 0.05) is 12.3 Å².